The van der Waals surface area contributed by atoms with Gasteiger partial charge in [-0.3, -0.25) is 14.8 Å². The Labute approximate surface area is 128 Å². The van der Waals surface area contributed by atoms with E-state index in [0.717, 1.165) is 11.3 Å². The fraction of sp³-hybridized carbons (Fsp3) is 0.0556. The SMILES string of the molecule is O=C(NC(c1ccccc1)c1ccccn1)c1cccnc1. The first-order valence-electron chi connectivity index (χ1n) is 7.01. The molecule has 0 saturated heterocycles. The van der Waals surface area contributed by atoms with Crippen molar-refractivity contribution >= 4 is 5.91 Å². The van der Waals surface area contributed by atoms with Crippen LogP contribution in [0.4, 0.5) is 0 Å². The highest BCUT2D eigenvalue weighted by Gasteiger charge is 2.18. The molecule has 0 bridgehead atoms. The number of hydrogen-bond acceptors (Lipinski definition) is 3. The molecule has 2 aromatic heterocycles. The van der Waals surface area contributed by atoms with E-state index in [0.29, 0.717) is 5.56 Å². The highest BCUT2D eigenvalue weighted by atomic mass is 16.1. The van der Waals surface area contributed by atoms with Crippen molar-refractivity contribution in [1.29, 1.82) is 0 Å². The van der Waals surface area contributed by atoms with E-state index < -0.39 is 0 Å². The lowest BCUT2D eigenvalue weighted by molar-refractivity contribution is 0.0942. The van der Waals surface area contributed by atoms with Crippen LogP contribution in [0.25, 0.3) is 0 Å². The maximum atomic E-state index is 12.4. The molecule has 1 amide bonds. The van der Waals surface area contributed by atoms with Crippen LogP contribution in [0.1, 0.15) is 27.7 Å². The maximum Gasteiger partial charge on any atom is 0.253 e. The number of pyridine rings is 2. The van der Waals surface area contributed by atoms with Crippen molar-refractivity contribution in [2.45, 2.75) is 6.04 Å². The van der Waals surface area contributed by atoms with Crippen LogP contribution in [0.3, 0.4) is 0 Å². The number of benzene rings is 1. The van der Waals surface area contributed by atoms with Gasteiger partial charge in [0.1, 0.15) is 0 Å². The summed E-state index contributed by atoms with van der Waals surface area (Å²) in [5, 5.41) is 3.02. The second-order valence-electron chi connectivity index (χ2n) is 4.81. The lowest BCUT2D eigenvalue weighted by atomic mass is 10.0. The lowest BCUT2D eigenvalue weighted by Crippen LogP contribution is -2.29. The molecule has 3 rings (SSSR count). The molecule has 0 spiro atoms. The maximum absolute atomic E-state index is 12.4. The molecule has 1 aromatic carbocycles. The zero-order valence-electron chi connectivity index (χ0n) is 11.9. The third kappa shape index (κ3) is 3.17. The molecule has 1 N–H and O–H groups in total. The van der Waals surface area contributed by atoms with E-state index in [4.69, 9.17) is 0 Å². The third-order valence-electron chi connectivity index (χ3n) is 3.32. The molecule has 0 aliphatic carbocycles. The van der Waals surface area contributed by atoms with Crippen LogP contribution in [0, 0.1) is 0 Å². The molecule has 0 aliphatic heterocycles. The zero-order valence-corrected chi connectivity index (χ0v) is 11.9. The van der Waals surface area contributed by atoms with Gasteiger partial charge in [0.25, 0.3) is 5.91 Å². The molecule has 108 valence electrons. The molecule has 1 atom stereocenters. The predicted molar refractivity (Wildman–Crippen MR) is 84.2 cm³/mol. The van der Waals surface area contributed by atoms with E-state index >= 15 is 0 Å². The van der Waals surface area contributed by atoms with Crippen LogP contribution >= 0.6 is 0 Å². The van der Waals surface area contributed by atoms with Crippen molar-refractivity contribution in [3.8, 4) is 0 Å². The molecule has 0 aliphatic rings. The van der Waals surface area contributed by atoms with E-state index in [1.165, 1.54) is 0 Å². The molecular weight excluding hydrogens is 274 g/mol. The molecular formula is C18H15N3O. The Bertz CT molecular complexity index is 691. The van der Waals surface area contributed by atoms with Gasteiger partial charge in [-0.15, -0.1) is 0 Å². The van der Waals surface area contributed by atoms with E-state index in [9.17, 15) is 4.79 Å². The number of rotatable bonds is 4. The van der Waals surface area contributed by atoms with Crippen LogP contribution in [0.2, 0.25) is 0 Å². The third-order valence-corrected chi connectivity index (χ3v) is 3.32. The highest BCUT2D eigenvalue weighted by Crippen LogP contribution is 2.20. The molecule has 0 fully saturated rings. The van der Waals surface area contributed by atoms with Gasteiger partial charge in [-0.25, -0.2) is 0 Å². The van der Waals surface area contributed by atoms with Crippen molar-refractivity contribution in [1.82, 2.24) is 15.3 Å². The highest BCUT2D eigenvalue weighted by molar-refractivity contribution is 5.94. The summed E-state index contributed by atoms with van der Waals surface area (Å²) in [5.74, 6) is -0.174. The molecule has 4 nitrogen and oxygen atoms in total. The van der Waals surface area contributed by atoms with Gasteiger partial charge in [0.05, 0.1) is 17.3 Å². The quantitative estimate of drug-likeness (QED) is 0.803. The van der Waals surface area contributed by atoms with Crippen LogP contribution < -0.4 is 5.32 Å². The monoisotopic (exact) mass is 289 g/mol. The molecule has 3 aromatic rings. The first-order chi connectivity index (χ1) is 10.8. The predicted octanol–water partition coefficient (Wildman–Crippen LogP) is 3.00. The number of hydrogen-bond donors (Lipinski definition) is 1. The van der Waals surface area contributed by atoms with Gasteiger partial charge in [0, 0.05) is 18.6 Å². The minimum absolute atomic E-state index is 0.174. The second kappa shape index (κ2) is 6.63. The number of aromatic nitrogens is 2. The summed E-state index contributed by atoms with van der Waals surface area (Å²) in [6.07, 6.45) is 4.92. The zero-order chi connectivity index (χ0) is 15.2. The molecule has 0 radical (unpaired) electrons. The van der Waals surface area contributed by atoms with E-state index in [1.54, 1.807) is 30.7 Å². The van der Waals surface area contributed by atoms with Gasteiger partial charge in [0.2, 0.25) is 0 Å². The normalized spacial score (nSPS) is 11.6. The van der Waals surface area contributed by atoms with Gasteiger partial charge in [-0.2, -0.15) is 0 Å². The van der Waals surface area contributed by atoms with Crippen molar-refractivity contribution in [2.24, 2.45) is 0 Å². The fourth-order valence-electron chi connectivity index (χ4n) is 2.23. The molecule has 2 heterocycles. The van der Waals surface area contributed by atoms with Crippen molar-refractivity contribution in [2.75, 3.05) is 0 Å². The Morgan fingerprint density at radius 2 is 1.73 bits per heavy atom. The Morgan fingerprint density at radius 1 is 0.909 bits per heavy atom. The van der Waals surface area contributed by atoms with Crippen LogP contribution in [0.5, 0.6) is 0 Å². The number of amides is 1. The Balaban J connectivity index is 1.91. The van der Waals surface area contributed by atoms with Crippen molar-refractivity contribution in [3.63, 3.8) is 0 Å². The largest absolute Gasteiger partial charge is 0.339 e. The van der Waals surface area contributed by atoms with Crippen LogP contribution in [-0.2, 0) is 0 Å². The first-order valence-corrected chi connectivity index (χ1v) is 7.01. The van der Waals surface area contributed by atoms with Gasteiger partial charge >= 0.3 is 0 Å². The van der Waals surface area contributed by atoms with Crippen LogP contribution in [0.15, 0.2) is 79.3 Å². The smallest absolute Gasteiger partial charge is 0.253 e. The Kier molecular flexibility index (Phi) is 4.20. The minimum atomic E-state index is -0.296. The summed E-state index contributed by atoms with van der Waals surface area (Å²) >= 11 is 0. The number of carbonyl (C=O) groups excluding carboxylic acids is 1. The van der Waals surface area contributed by atoms with Crippen molar-refractivity contribution < 1.29 is 4.79 Å². The first kappa shape index (κ1) is 13.9. The second-order valence-corrected chi connectivity index (χ2v) is 4.81. The Hall–Kier alpha value is -3.01. The summed E-state index contributed by atoms with van der Waals surface area (Å²) in [7, 11) is 0. The minimum Gasteiger partial charge on any atom is -0.339 e. The summed E-state index contributed by atoms with van der Waals surface area (Å²) in [6.45, 7) is 0. The van der Waals surface area contributed by atoms with Gasteiger partial charge < -0.3 is 5.32 Å². The van der Waals surface area contributed by atoms with Gasteiger partial charge in [-0.1, -0.05) is 36.4 Å². The number of nitrogens with zero attached hydrogens (tertiary/aromatic N) is 2. The summed E-state index contributed by atoms with van der Waals surface area (Å²) < 4.78 is 0. The van der Waals surface area contributed by atoms with Crippen LogP contribution in [-0.4, -0.2) is 15.9 Å². The average molecular weight is 289 g/mol. The summed E-state index contributed by atoms with van der Waals surface area (Å²) in [5.41, 5.74) is 2.31. The molecule has 0 saturated carbocycles. The number of nitrogens with one attached hydrogen (secondary N) is 1. The summed E-state index contributed by atoms with van der Waals surface area (Å²) in [6, 6.07) is 18.6. The van der Waals surface area contributed by atoms with Gasteiger partial charge in [0.15, 0.2) is 0 Å². The number of carbonyl (C=O) groups is 1. The van der Waals surface area contributed by atoms with Gasteiger partial charge in [-0.05, 0) is 29.8 Å². The average Bonchev–Trinajstić information content (AvgIpc) is 2.62. The molecule has 1 unspecified atom stereocenters. The fourth-order valence-corrected chi connectivity index (χ4v) is 2.23. The van der Waals surface area contributed by atoms with E-state index in [2.05, 4.69) is 15.3 Å². The lowest BCUT2D eigenvalue weighted by Gasteiger charge is -2.18. The molecule has 22 heavy (non-hydrogen) atoms. The Morgan fingerprint density at radius 3 is 2.41 bits per heavy atom. The van der Waals surface area contributed by atoms with Crippen molar-refractivity contribution in [3.05, 3.63) is 96.1 Å². The topological polar surface area (TPSA) is 54.9 Å². The van der Waals surface area contributed by atoms with E-state index in [-0.39, 0.29) is 11.9 Å². The summed E-state index contributed by atoms with van der Waals surface area (Å²) in [4.78, 5) is 20.8. The standard InChI is InChI=1S/C18H15N3O/c22-18(15-9-6-11-19-13-15)21-17(14-7-2-1-3-8-14)16-10-4-5-12-20-16/h1-13,17H,(H,21,22). The molecule has 4 heteroatoms. The van der Waals surface area contributed by atoms with E-state index in [1.807, 2.05) is 48.5 Å².